The molecule has 12 heteroatoms. The zero-order chi connectivity index (χ0) is 20.7. The first kappa shape index (κ1) is 20.8. The first-order chi connectivity index (χ1) is 13.0. The van der Waals surface area contributed by atoms with Gasteiger partial charge in [-0.1, -0.05) is 6.07 Å². The van der Waals surface area contributed by atoms with Crippen LogP contribution in [0.3, 0.4) is 0 Å². The topological polar surface area (TPSA) is 102 Å². The summed E-state index contributed by atoms with van der Waals surface area (Å²) in [6.07, 6.45) is -5.77. The molecule has 2 aliphatic heterocycles. The molecule has 0 saturated carbocycles. The second kappa shape index (κ2) is 7.50. The lowest BCUT2D eigenvalue weighted by atomic mass is 10.1. The fraction of sp³-hybridized carbons (Fsp3) is 0.562. The van der Waals surface area contributed by atoms with E-state index in [2.05, 4.69) is 10.6 Å². The lowest BCUT2D eigenvalue weighted by molar-refractivity contribution is -0.137. The molecule has 2 saturated heterocycles. The van der Waals surface area contributed by atoms with Crippen molar-refractivity contribution in [2.45, 2.75) is 30.7 Å². The van der Waals surface area contributed by atoms with Crippen LogP contribution in [0.2, 0.25) is 0 Å². The normalized spacial score (nSPS) is 27.5. The maximum atomic E-state index is 12.9. The summed E-state index contributed by atoms with van der Waals surface area (Å²) in [4.78, 5) is 13.8. The summed E-state index contributed by atoms with van der Waals surface area (Å²) in [6, 6.07) is 4.07. The maximum Gasteiger partial charge on any atom is 0.416 e. The third kappa shape index (κ3) is 4.09. The third-order valence-corrected chi connectivity index (χ3v) is 7.22. The van der Waals surface area contributed by atoms with Gasteiger partial charge < -0.3 is 15.3 Å². The Hall–Kier alpha value is -1.89. The highest BCUT2D eigenvalue weighted by atomic mass is 32.2. The molecule has 3 rings (SSSR count). The summed E-state index contributed by atoms with van der Waals surface area (Å²) in [6.45, 7) is 1.96. The van der Waals surface area contributed by atoms with E-state index in [4.69, 9.17) is 0 Å². The molecule has 0 aliphatic carbocycles. The third-order valence-electron chi connectivity index (χ3n) is 4.87. The number of aliphatic hydroxyl groups excluding tert-OH is 1. The molecule has 1 aromatic carbocycles. The number of alkyl halides is 3. The molecule has 2 fully saturated rings. The van der Waals surface area contributed by atoms with Crippen molar-refractivity contribution in [2.24, 2.45) is 0 Å². The monoisotopic (exact) mass is 422 g/mol. The molecule has 2 heterocycles. The van der Waals surface area contributed by atoms with Crippen LogP contribution in [0.25, 0.3) is 0 Å². The standard InChI is InChI=1S/C16H21F3N4O4S/c1-10-13(14(24)21-15(25)20-10)28(26,27)23-7-5-22(6-8-23)12-4-2-3-11(9-12)16(17,18)19/h2-4,9-10,13,15,20,25H,5-8H2,1H3,(H,21,24). The van der Waals surface area contributed by atoms with E-state index < -0.39 is 45.3 Å². The number of rotatable bonds is 3. The highest BCUT2D eigenvalue weighted by Gasteiger charge is 2.45. The average Bonchev–Trinajstić information content (AvgIpc) is 2.60. The Kier molecular flexibility index (Phi) is 5.58. The second-order valence-electron chi connectivity index (χ2n) is 6.77. The molecule has 8 nitrogen and oxygen atoms in total. The number of benzene rings is 1. The summed E-state index contributed by atoms with van der Waals surface area (Å²) in [5.74, 6) is -0.793. The number of aliphatic hydroxyl groups is 1. The molecule has 3 atom stereocenters. The van der Waals surface area contributed by atoms with Crippen LogP contribution in [-0.4, -0.2) is 67.6 Å². The number of carbonyl (C=O) groups excluding carboxylic acids is 1. The van der Waals surface area contributed by atoms with Crippen LogP contribution in [0.4, 0.5) is 18.9 Å². The van der Waals surface area contributed by atoms with Crippen LogP contribution in [0.5, 0.6) is 0 Å². The van der Waals surface area contributed by atoms with Gasteiger partial charge in [0.05, 0.1) is 5.56 Å². The van der Waals surface area contributed by atoms with Crippen LogP contribution in [0.15, 0.2) is 24.3 Å². The number of nitrogens with one attached hydrogen (secondary N) is 2. The van der Waals surface area contributed by atoms with E-state index in [1.165, 1.54) is 13.0 Å². The molecular formula is C16H21F3N4O4S. The van der Waals surface area contributed by atoms with Gasteiger partial charge >= 0.3 is 6.18 Å². The zero-order valence-electron chi connectivity index (χ0n) is 15.0. The Morgan fingerprint density at radius 3 is 2.39 bits per heavy atom. The van der Waals surface area contributed by atoms with Gasteiger partial charge in [-0.25, -0.2) is 8.42 Å². The molecule has 3 unspecified atom stereocenters. The van der Waals surface area contributed by atoms with Gasteiger partial charge in [0, 0.05) is 37.9 Å². The van der Waals surface area contributed by atoms with Crippen LogP contribution in [0, 0.1) is 0 Å². The first-order valence-corrected chi connectivity index (χ1v) is 10.2. The van der Waals surface area contributed by atoms with Gasteiger partial charge in [-0.05, 0) is 25.1 Å². The van der Waals surface area contributed by atoms with Crippen molar-refractivity contribution in [3.63, 3.8) is 0 Å². The molecule has 0 aromatic heterocycles. The summed E-state index contributed by atoms with van der Waals surface area (Å²) in [5, 5.41) is 12.8. The number of sulfonamides is 1. The van der Waals surface area contributed by atoms with Crippen molar-refractivity contribution in [3.05, 3.63) is 29.8 Å². The smallest absolute Gasteiger partial charge is 0.369 e. The maximum absolute atomic E-state index is 12.9. The van der Waals surface area contributed by atoms with Crippen LogP contribution < -0.4 is 15.5 Å². The van der Waals surface area contributed by atoms with Gasteiger partial charge in [0.1, 0.15) is 0 Å². The molecule has 1 amide bonds. The van der Waals surface area contributed by atoms with Gasteiger partial charge in [-0.15, -0.1) is 0 Å². The Morgan fingerprint density at radius 1 is 1.18 bits per heavy atom. The number of anilines is 1. The van der Waals surface area contributed by atoms with Crippen molar-refractivity contribution in [1.29, 1.82) is 0 Å². The second-order valence-corrected chi connectivity index (χ2v) is 8.82. The highest BCUT2D eigenvalue weighted by molar-refractivity contribution is 7.90. The molecule has 0 bridgehead atoms. The van der Waals surface area contributed by atoms with E-state index in [9.17, 15) is 31.5 Å². The fourth-order valence-corrected chi connectivity index (χ4v) is 5.38. The van der Waals surface area contributed by atoms with Crippen molar-refractivity contribution in [3.8, 4) is 0 Å². The van der Waals surface area contributed by atoms with Gasteiger partial charge in [-0.2, -0.15) is 17.5 Å². The van der Waals surface area contributed by atoms with E-state index in [1.807, 2.05) is 0 Å². The van der Waals surface area contributed by atoms with Crippen molar-refractivity contribution in [2.75, 3.05) is 31.1 Å². The van der Waals surface area contributed by atoms with E-state index in [-0.39, 0.29) is 26.2 Å². The van der Waals surface area contributed by atoms with Crippen molar-refractivity contribution in [1.82, 2.24) is 14.9 Å². The Balaban J connectivity index is 1.71. The Labute approximate surface area is 160 Å². The fourth-order valence-electron chi connectivity index (χ4n) is 3.46. The van der Waals surface area contributed by atoms with Gasteiger partial charge in [0.15, 0.2) is 11.6 Å². The number of piperazine rings is 1. The molecule has 0 spiro atoms. The predicted molar refractivity (Wildman–Crippen MR) is 94.7 cm³/mol. The summed E-state index contributed by atoms with van der Waals surface area (Å²) in [7, 11) is -4.00. The minimum atomic E-state index is -4.46. The lowest BCUT2D eigenvalue weighted by Gasteiger charge is -2.39. The number of amides is 1. The minimum Gasteiger partial charge on any atom is -0.369 e. The number of nitrogens with zero attached hydrogens (tertiary/aromatic N) is 2. The SMILES string of the molecule is CC1NC(O)NC(=O)C1S(=O)(=O)N1CCN(c2cccc(C(F)(F)F)c2)CC1. The van der Waals surface area contributed by atoms with Gasteiger partial charge in [0.2, 0.25) is 15.9 Å². The quantitative estimate of drug-likeness (QED) is 0.630. The highest BCUT2D eigenvalue weighted by Crippen LogP contribution is 2.32. The van der Waals surface area contributed by atoms with Crippen LogP contribution in [0.1, 0.15) is 12.5 Å². The largest absolute Gasteiger partial charge is 0.416 e. The Bertz CT molecular complexity index is 841. The average molecular weight is 422 g/mol. The molecule has 28 heavy (non-hydrogen) atoms. The molecule has 3 N–H and O–H groups in total. The number of carbonyl (C=O) groups is 1. The summed E-state index contributed by atoms with van der Waals surface area (Å²) >= 11 is 0. The van der Waals surface area contributed by atoms with Crippen LogP contribution in [-0.2, 0) is 21.0 Å². The molecular weight excluding hydrogens is 401 g/mol. The van der Waals surface area contributed by atoms with E-state index >= 15 is 0 Å². The number of hydrogen-bond donors (Lipinski definition) is 3. The molecule has 2 aliphatic rings. The van der Waals surface area contributed by atoms with E-state index in [0.717, 1.165) is 16.4 Å². The summed E-state index contributed by atoms with van der Waals surface area (Å²) in [5.41, 5.74) is -0.405. The first-order valence-electron chi connectivity index (χ1n) is 8.66. The van der Waals surface area contributed by atoms with Gasteiger partial charge in [0.25, 0.3) is 0 Å². The van der Waals surface area contributed by atoms with Crippen molar-refractivity contribution >= 4 is 21.6 Å². The lowest BCUT2D eigenvalue weighted by Crippen LogP contribution is -2.67. The van der Waals surface area contributed by atoms with Gasteiger partial charge in [-0.3, -0.25) is 10.1 Å². The minimum absolute atomic E-state index is 0.0393. The van der Waals surface area contributed by atoms with E-state index in [1.54, 1.807) is 11.0 Å². The molecule has 156 valence electrons. The Morgan fingerprint density at radius 2 is 1.82 bits per heavy atom. The van der Waals surface area contributed by atoms with E-state index in [0.29, 0.717) is 5.69 Å². The number of hydrogen-bond acceptors (Lipinski definition) is 6. The number of halogens is 3. The zero-order valence-corrected chi connectivity index (χ0v) is 15.8. The molecule has 0 radical (unpaired) electrons. The van der Waals surface area contributed by atoms with Crippen LogP contribution >= 0.6 is 0 Å². The summed E-state index contributed by atoms with van der Waals surface area (Å²) < 4.78 is 65.6. The molecule has 1 aromatic rings. The van der Waals surface area contributed by atoms with Crippen molar-refractivity contribution < 1.29 is 31.5 Å². The predicted octanol–water partition coefficient (Wildman–Crippen LogP) is -0.0904.